The van der Waals surface area contributed by atoms with Gasteiger partial charge >= 0.3 is 6.03 Å². The Morgan fingerprint density at radius 2 is 2.45 bits per heavy atom. The molecule has 0 saturated heterocycles. The van der Waals surface area contributed by atoms with Crippen molar-refractivity contribution in [3.63, 3.8) is 0 Å². The second-order valence-corrected chi connectivity index (χ2v) is 1.79. The van der Waals surface area contributed by atoms with E-state index in [0.29, 0.717) is 6.54 Å². The molecule has 4 heteroatoms. The summed E-state index contributed by atoms with van der Waals surface area (Å²) < 4.78 is 0. The summed E-state index contributed by atoms with van der Waals surface area (Å²) in [5.41, 5.74) is 0. The average molecular weight is 156 g/mol. The average Bonchev–Trinajstić information content (AvgIpc) is 2.01. The predicted molar refractivity (Wildman–Crippen MR) is 44.0 cm³/mol. The molecule has 0 aliphatic carbocycles. The Kier molecular flexibility index (Phi) is 5.98. The molecule has 0 spiro atoms. The fraction of sp³-hybridized carbons (Fsp3) is 0.429. The zero-order valence-electron chi connectivity index (χ0n) is 6.45. The first kappa shape index (κ1) is 9.68. The minimum atomic E-state index is -0.384. The molecule has 0 bridgehead atoms. The first-order valence-corrected chi connectivity index (χ1v) is 3.40. The highest BCUT2D eigenvalue weighted by molar-refractivity contribution is 5.83. The summed E-state index contributed by atoms with van der Waals surface area (Å²) in [7, 11) is 0. The highest BCUT2D eigenvalue weighted by Crippen LogP contribution is 1.75. The summed E-state index contributed by atoms with van der Waals surface area (Å²) in [5.74, 6) is 0. The standard InChI is InChI=1S/C7H12N2O2/c1-2-4-8-7(11)9-5-3-6-10/h3-4,6,10H,2,5H2,1H3,(H,9,11). The number of carbonyl (C=O) groups is 1. The van der Waals surface area contributed by atoms with Gasteiger partial charge in [0.1, 0.15) is 0 Å². The van der Waals surface area contributed by atoms with Gasteiger partial charge in [-0.1, -0.05) is 6.92 Å². The van der Waals surface area contributed by atoms with Crippen LogP contribution in [0.25, 0.3) is 0 Å². The minimum absolute atomic E-state index is 0.302. The van der Waals surface area contributed by atoms with Crippen molar-refractivity contribution in [1.29, 1.82) is 0 Å². The van der Waals surface area contributed by atoms with E-state index in [1.165, 1.54) is 12.3 Å². The van der Waals surface area contributed by atoms with Crippen LogP contribution in [0.1, 0.15) is 13.3 Å². The number of aliphatic imine (C=N–C) groups is 1. The van der Waals surface area contributed by atoms with Crippen LogP contribution in [0.2, 0.25) is 0 Å². The van der Waals surface area contributed by atoms with Crippen LogP contribution in [0.5, 0.6) is 0 Å². The van der Waals surface area contributed by atoms with Gasteiger partial charge < -0.3 is 10.4 Å². The number of aliphatic hydroxyl groups is 1. The molecule has 0 atom stereocenters. The van der Waals surface area contributed by atoms with E-state index in [4.69, 9.17) is 5.11 Å². The fourth-order valence-electron chi connectivity index (χ4n) is 0.419. The van der Waals surface area contributed by atoms with E-state index in [2.05, 4.69) is 10.3 Å². The van der Waals surface area contributed by atoms with Gasteiger partial charge in [-0.3, -0.25) is 0 Å². The molecule has 0 fully saturated rings. The van der Waals surface area contributed by atoms with Crippen molar-refractivity contribution >= 4 is 12.2 Å². The number of rotatable bonds is 3. The van der Waals surface area contributed by atoms with Crippen molar-refractivity contribution < 1.29 is 9.90 Å². The minimum Gasteiger partial charge on any atom is -0.516 e. The summed E-state index contributed by atoms with van der Waals surface area (Å²) in [5, 5.41) is 10.6. The van der Waals surface area contributed by atoms with Gasteiger partial charge in [-0.25, -0.2) is 9.79 Å². The van der Waals surface area contributed by atoms with Crippen molar-refractivity contribution in [3.8, 4) is 0 Å². The van der Waals surface area contributed by atoms with Gasteiger partial charge in [0.15, 0.2) is 0 Å². The van der Waals surface area contributed by atoms with E-state index >= 15 is 0 Å². The van der Waals surface area contributed by atoms with Crippen molar-refractivity contribution in [2.75, 3.05) is 6.54 Å². The molecule has 0 aliphatic heterocycles. The Hall–Kier alpha value is -1.32. The lowest BCUT2D eigenvalue weighted by molar-refractivity contribution is 0.250. The normalized spacial score (nSPS) is 11.0. The number of nitrogens with zero attached hydrogens (tertiary/aromatic N) is 1. The molecule has 4 nitrogen and oxygen atoms in total. The maximum Gasteiger partial charge on any atom is 0.340 e. The predicted octanol–water partition coefficient (Wildman–Crippen LogP) is 1.25. The number of hydrogen-bond acceptors (Lipinski definition) is 2. The highest BCUT2D eigenvalue weighted by Gasteiger charge is 1.90. The van der Waals surface area contributed by atoms with Crippen LogP contribution in [0, 0.1) is 0 Å². The van der Waals surface area contributed by atoms with Crippen LogP contribution in [-0.4, -0.2) is 23.9 Å². The van der Waals surface area contributed by atoms with Gasteiger partial charge in [0, 0.05) is 12.8 Å². The number of carbonyl (C=O) groups excluding carboxylic acids is 1. The van der Waals surface area contributed by atoms with E-state index in [1.54, 1.807) is 0 Å². The zero-order chi connectivity index (χ0) is 8.53. The van der Waals surface area contributed by atoms with E-state index in [-0.39, 0.29) is 6.03 Å². The molecule has 2 N–H and O–H groups in total. The number of hydrogen-bond donors (Lipinski definition) is 2. The molecule has 0 aromatic carbocycles. The van der Waals surface area contributed by atoms with Gasteiger partial charge in [0.2, 0.25) is 0 Å². The summed E-state index contributed by atoms with van der Waals surface area (Å²) in [6.45, 7) is 2.20. The van der Waals surface area contributed by atoms with Crippen molar-refractivity contribution in [3.05, 3.63) is 12.3 Å². The third kappa shape index (κ3) is 6.57. The van der Waals surface area contributed by atoms with Crippen molar-refractivity contribution in [2.45, 2.75) is 13.3 Å². The lowest BCUT2D eigenvalue weighted by atomic mass is 10.5. The molecule has 0 saturated carbocycles. The lowest BCUT2D eigenvalue weighted by Crippen LogP contribution is -2.19. The summed E-state index contributed by atoms with van der Waals surface area (Å²) >= 11 is 0. The molecule has 0 unspecified atom stereocenters. The molecule has 11 heavy (non-hydrogen) atoms. The van der Waals surface area contributed by atoms with Crippen LogP contribution in [0.15, 0.2) is 17.3 Å². The van der Waals surface area contributed by atoms with Gasteiger partial charge in [0.25, 0.3) is 0 Å². The maximum absolute atomic E-state index is 10.7. The topological polar surface area (TPSA) is 61.7 Å². The van der Waals surface area contributed by atoms with Crippen LogP contribution in [0.3, 0.4) is 0 Å². The van der Waals surface area contributed by atoms with Crippen LogP contribution in [0.4, 0.5) is 4.79 Å². The first-order chi connectivity index (χ1) is 5.31. The molecule has 0 aliphatic rings. The Labute approximate surface area is 65.6 Å². The van der Waals surface area contributed by atoms with Crippen LogP contribution in [-0.2, 0) is 0 Å². The SMILES string of the molecule is CCC=NC(=O)NCC=CO. The number of nitrogens with one attached hydrogen (secondary N) is 1. The number of aliphatic hydroxyl groups excluding tert-OH is 1. The van der Waals surface area contributed by atoms with Gasteiger partial charge in [0.05, 0.1) is 6.26 Å². The third-order valence-corrected chi connectivity index (χ3v) is 0.868. The molecule has 0 rings (SSSR count). The summed E-state index contributed by atoms with van der Waals surface area (Å²) in [6.07, 6.45) is 4.56. The highest BCUT2D eigenvalue weighted by atomic mass is 16.2. The van der Waals surface area contributed by atoms with Crippen LogP contribution >= 0.6 is 0 Å². The molecular formula is C7H12N2O2. The first-order valence-electron chi connectivity index (χ1n) is 3.40. The van der Waals surface area contributed by atoms with Gasteiger partial charge in [-0.2, -0.15) is 0 Å². The molecule has 62 valence electrons. The van der Waals surface area contributed by atoms with Gasteiger partial charge in [-0.15, -0.1) is 0 Å². The molecule has 0 heterocycles. The Bertz CT molecular complexity index is 164. The van der Waals surface area contributed by atoms with E-state index in [1.807, 2.05) is 6.92 Å². The Balaban J connectivity index is 3.45. The Morgan fingerprint density at radius 1 is 1.73 bits per heavy atom. The lowest BCUT2D eigenvalue weighted by Gasteiger charge is -1.93. The number of urea groups is 1. The second-order valence-electron chi connectivity index (χ2n) is 1.79. The van der Waals surface area contributed by atoms with Gasteiger partial charge in [-0.05, 0) is 12.5 Å². The van der Waals surface area contributed by atoms with Crippen molar-refractivity contribution in [1.82, 2.24) is 5.32 Å². The van der Waals surface area contributed by atoms with Crippen LogP contribution < -0.4 is 5.32 Å². The quantitative estimate of drug-likeness (QED) is 0.477. The summed E-state index contributed by atoms with van der Waals surface area (Å²) in [6, 6.07) is -0.384. The zero-order valence-corrected chi connectivity index (χ0v) is 6.45. The largest absolute Gasteiger partial charge is 0.516 e. The maximum atomic E-state index is 10.7. The molecular weight excluding hydrogens is 144 g/mol. The van der Waals surface area contributed by atoms with E-state index in [9.17, 15) is 4.79 Å². The van der Waals surface area contributed by atoms with E-state index in [0.717, 1.165) is 12.7 Å². The molecule has 0 radical (unpaired) electrons. The third-order valence-electron chi connectivity index (χ3n) is 0.868. The Morgan fingerprint density at radius 3 is 3.00 bits per heavy atom. The van der Waals surface area contributed by atoms with Crippen molar-refractivity contribution in [2.24, 2.45) is 4.99 Å². The number of amides is 2. The van der Waals surface area contributed by atoms with E-state index < -0.39 is 0 Å². The monoisotopic (exact) mass is 156 g/mol. The summed E-state index contributed by atoms with van der Waals surface area (Å²) in [4.78, 5) is 14.2. The molecule has 2 amide bonds. The molecule has 0 aromatic rings. The molecule has 0 aromatic heterocycles. The smallest absolute Gasteiger partial charge is 0.340 e. The fourth-order valence-corrected chi connectivity index (χ4v) is 0.419. The second kappa shape index (κ2) is 6.80.